The molecule has 1 aromatic carbocycles. The van der Waals surface area contributed by atoms with Crippen molar-refractivity contribution in [1.29, 1.82) is 0 Å². The predicted octanol–water partition coefficient (Wildman–Crippen LogP) is 0.703. The standard InChI is InChI=1S/C10H13N3/c1-2-11-7-13-9-5-3-4-8-6-12-10(8)9/h3-6,11,13H,2,7H2,1H3/p+1. The molecule has 0 unspecified atom stereocenters. The minimum absolute atomic E-state index is 0.919. The van der Waals surface area contributed by atoms with Gasteiger partial charge in [0.1, 0.15) is 6.67 Å². The number of quaternary nitrogens is 1. The number of nitrogens with zero attached hydrogens (tertiary/aromatic N) is 1. The van der Waals surface area contributed by atoms with Gasteiger partial charge in [0.25, 0.3) is 0 Å². The summed E-state index contributed by atoms with van der Waals surface area (Å²) in [6.07, 6.45) is 1.89. The summed E-state index contributed by atoms with van der Waals surface area (Å²) >= 11 is 0. The van der Waals surface area contributed by atoms with Crippen LogP contribution in [-0.2, 0) is 0 Å². The zero-order chi connectivity index (χ0) is 9.10. The number of para-hydroxylation sites is 1. The van der Waals surface area contributed by atoms with Gasteiger partial charge in [-0.15, -0.1) is 0 Å². The predicted molar refractivity (Wildman–Crippen MR) is 54.7 cm³/mol. The Labute approximate surface area is 77.9 Å². The van der Waals surface area contributed by atoms with Crippen molar-refractivity contribution in [3.8, 4) is 0 Å². The average Bonchev–Trinajstić information content (AvgIpc) is 2.08. The number of fused-ring (bicyclic) bond motifs is 1. The summed E-state index contributed by atoms with van der Waals surface area (Å²) in [6.45, 7) is 4.16. The highest BCUT2D eigenvalue weighted by atomic mass is 15.1. The van der Waals surface area contributed by atoms with Gasteiger partial charge in [-0.25, -0.2) is 0 Å². The number of hydrogen-bond acceptors (Lipinski definition) is 2. The molecule has 0 saturated heterocycles. The van der Waals surface area contributed by atoms with E-state index in [1.54, 1.807) is 0 Å². The van der Waals surface area contributed by atoms with Crippen LogP contribution in [0.5, 0.6) is 0 Å². The van der Waals surface area contributed by atoms with Crippen molar-refractivity contribution < 1.29 is 5.32 Å². The Morgan fingerprint density at radius 1 is 1.46 bits per heavy atom. The molecular weight excluding hydrogens is 162 g/mol. The first-order valence-electron chi connectivity index (χ1n) is 4.64. The Balaban J connectivity index is 2.02. The molecule has 0 aliphatic carbocycles. The second-order valence-electron chi connectivity index (χ2n) is 3.08. The Hall–Kier alpha value is -1.35. The highest BCUT2D eigenvalue weighted by Crippen LogP contribution is 2.33. The maximum absolute atomic E-state index is 4.21. The Morgan fingerprint density at radius 2 is 2.38 bits per heavy atom. The summed E-state index contributed by atoms with van der Waals surface area (Å²) in [5.74, 6) is 0. The number of benzene rings is 1. The van der Waals surface area contributed by atoms with Gasteiger partial charge in [-0.2, -0.15) is 0 Å². The maximum Gasteiger partial charge on any atom is 0.148 e. The fraction of sp³-hybridized carbons (Fsp3) is 0.300. The molecule has 3 nitrogen and oxygen atoms in total. The van der Waals surface area contributed by atoms with Crippen molar-refractivity contribution in [2.24, 2.45) is 4.99 Å². The molecule has 1 aliphatic rings. The molecule has 3 N–H and O–H groups in total. The summed E-state index contributed by atoms with van der Waals surface area (Å²) in [4.78, 5) is 4.21. The molecule has 0 amide bonds. The van der Waals surface area contributed by atoms with E-state index in [4.69, 9.17) is 0 Å². The molecule has 1 heterocycles. The third-order valence-corrected chi connectivity index (χ3v) is 2.13. The molecule has 68 valence electrons. The lowest BCUT2D eigenvalue weighted by Crippen LogP contribution is -2.85. The third-order valence-electron chi connectivity index (χ3n) is 2.13. The van der Waals surface area contributed by atoms with Gasteiger partial charge in [-0.1, -0.05) is 12.1 Å². The van der Waals surface area contributed by atoms with Crippen LogP contribution in [0.15, 0.2) is 23.2 Å². The lowest BCUT2D eigenvalue weighted by atomic mass is 10.1. The van der Waals surface area contributed by atoms with E-state index in [0.717, 1.165) is 24.6 Å². The summed E-state index contributed by atoms with van der Waals surface area (Å²) in [5, 5.41) is 5.55. The van der Waals surface area contributed by atoms with Crippen LogP contribution in [-0.4, -0.2) is 19.4 Å². The van der Waals surface area contributed by atoms with Crippen LogP contribution in [0.4, 0.5) is 11.4 Å². The van der Waals surface area contributed by atoms with Gasteiger partial charge < -0.3 is 10.6 Å². The Kier molecular flexibility index (Phi) is 2.27. The Bertz CT molecular complexity index is 331. The van der Waals surface area contributed by atoms with Crippen molar-refractivity contribution in [1.82, 2.24) is 0 Å². The quantitative estimate of drug-likeness (QED) is 0.522. The molecule has 2 rings (SSSR count). The van der Waals surface area contributed by atoms with Crippen LogP contribution in [0, 0.1) is 0 Å². The van der Waals surface area contributed by atoms with Crippen LogP contribution < -0.4 is 10.6 Å². The number of nitrogens with one attached hydrogen (secondary N) is 1. The van der Waals surface area contributed by atoms with Gasteiger partial charge >= 0.3 is 0 Å². The molecule has 13 heavy (non-hydrogen) atoms. The molecule has 0 fully saturated rings. The second-order valence-corrected chi connectivity index (χ2v) is 3.08. The largest absolute Gasteiger partial charge is 0.337 e. The third kappa shape index (κ3) is 1.55. The van der Waals surface area contributed by atoms with Crippen LogP contribution >= 0.6 is 0 Å². The highest BCUT2D eigenvalue weighted by Gasteiger charge is 2.10. The van der Waals surface area contributed by atoms with E-state index in [2.05, 4.69) is 40.7 Å². The SMILES string of the molecule is CC[NH2+]CNc1cccc2c1N=C2. The van der Waals surface area contributed by atoms with Gasteiger partial charge in [0.15, 0.2) is 0 Å². The van der Waals surface area contributed by atoms with Crippen LogP contribution in [0.1, 0.15) is 12.5 Å². The lowest BCUT2D eigenvalue weighted by Gasteiger charge is -2.14. The number of aliphatic imine (C=N–C) groups is 1. The van der Waals surface area contributed by atoms with Crippen molar-refractivity contribution in [3.05, 3.63) is 23.8 Å². The minimum atomic E-state index is 0.919. The number of hydrogen-bond donors (Lipinski definition) is 2. The fourth-order valence-electron chi connectivity index (χ4n) is 1.35. The van der Waals surface area contributed by atoms with Gasteiger partial charge in [0, 0.05) is 11.8 Å². The summed E-state index contributed by atoms with van der Waals surface area (Å²) < 4.78 is 0. The molecule has 0 aromatic heterocycles. The number of rotatable bonds is 4. The first-order valence-corrected chi connectivity index (χ1v) is 4.64. The highest BCUT2D eigenvalue weighted by molar-refractivity contribution is 6.01. The fourth-order valence-corrected chi connectivity index (χ4v) is 1.35. The molecule has 1 aliphatic heterocycles. The van der Waals surface area contributed by atoms with Gasteiger partial charge in [0.05, 0.1) is 17.9 Å². The van der Waals surface area contributed by atoms with E-state index < -0.39 is 0 Å². The van der Waals surface area contributed by atoms with Crippen LogP contribution in [0.2, 0.25) is 0 Å². The van der Waals surface area contributed by atoms with Crippen molar-refractivity contribution in [2.75, 3.05) is 18.5 Å². The second kappa shape index (κ2) is 3.58. The number of anilines is 1. The first-order chi connectivity index (χ1) is 6.42. The minimum Gasteiger partial charge on any atom is -0.337 e. The van der Waals surface area contributed by atoms with Crippen molar-refractivity contribution in [2.45, 2.75) is 6.92 Å². The smallest absolute Gasteiger partial charge is 0.148 e. The summed E-state index contributed by atoms with van der Waals surface area (Å²) in [6, 6.07) is 6.20. The molecule has 0 saturated carbocycles. The van der Waals surface area contributed by atoms with Crippen molar-refractivity contribution >= 4 is 17.6 Å². The van der Waals surface area contributed by atoms with E-state index in [1.165, 1.54) is 5.56 Å². The molecule has 0 bridgehead atoms. The molecular formula is C10H14N3+. The Morgan fingerprint density at radius 3 is 3.08 bits per heavy atom. The van der Waals surface area contributed by atoms with E-state index in [9.17, 15) is 0 Å². The van der Waals surface area contributed by atoms with E-state index in [1.807, 2.05) is 6.21 Å². The van der Waals surface area contributed by atoms with Crippen molar-refractivity contribution in [3.63, 3.8) is 0 Å². The van der Waals surface area contributed by atoms with Gasteiger partial charge in [0.2, 0.25) is 0 Å². The molecule has 0 spiro atoms. The normalized spacial score (nSPS) is 12.1. The molecule has 1 aromatic rings. The maximum atomic E-state index is 4.21. The molecule has 0 radical (unpaired) electrons. The van der Waals surface area contributed by atoms with Gasteiger partial charge in [-0.3, -0.25) is 4.99 Å². The van der Waals surface area contributed by atoms with E-state index >= 15 is 0 Å². The van der Waals surface area contributed by atoms with Gasteiger partial charge in [-0.05, 0) is 13.0 Å². The van der Waals surface area contributed by atoms with E-state index in [0.29, 0.717) is 0 Å². The molecule has 0 atom stereocenters. The summed E-state index contributed by atoms with van der Waals surface area (Å²) in [5.41, 5.74) is 3.48. The van der Waals surface area contributed by atoms with Crippen LogP contribution in [0.25, 0.3) is 0 Å². The first kappa shape index (κ1) is 8.26. The topological polar surface area (TPSA) is 41.0 Å². The molecule has 3 heteroatoms. The lowest BCUT2D eigenvalue weighted by molar-refractivity contribution is -0.646. The number of nitrogens with two attached hydrogens (primary N) is 1. The zero-order valence-corrected chi connectivity index (χ0v) is 7.75. The summed E-state index contributed by atoms with van der Waals surface area (Å²) in [7, 11) is 0. The zero-order valence-electron chi connectivity index (χ0n) is 7.75. The van der Waals surface area contributed by atoms with E-state index in [-0.39, 0.29) is 0 Å². The monoisotopic (exact) mass is 176 g/mol. The average molecular weight is 176 g/mol. The van der Waals surface area contributed by atoms with Crippen LogP contribution in [0.3, 0.4) is 0 Å².